The van der Waals surface area contributed by atoms with E-state index in [0.29, 0.717) is 6.42 Å². The molecule has 0 aromatic heterocycles. The van der Waals surface area contributed by atoms with E-state index in [-0.39, 0.29) is 12.3 Å². The maximum absolute atomic E-state index is 11.6. The van der Waals surface area contributed by atoms with E-state index in [2.05, 4.69) is 21.7 Å². The summed E-state index contributed by atoms with van der Waals surface area (Å²) in [4.78, 5) is 31.6. The first kappa shape index (κ1) is 17.9. The Morgan fingerprint density at radius 1 is 0.947 bits per heavy atom. The molecule has 0 aliphatic heterocycles. The molecule has 0 fully saturated rings. The fourth-order valence-electron chi connectivity index (χ4n) is 1.66. The number of carbonyl (C=O) groups is 2. The van der Waals surface area contributed by atoms with Gasteiger partial charge in [0.15, 0.2) is 0 Å². The highest BCUT2D eigenvalue weighted by Gasteiger charge is 2.19. The normalized spacial score (nSPS) is 11.9. The quantitative estimate of drug-likeness (QED) is 0.326. The van der Waals surface area contributed by atoms with Crippen LogP contribution in [-0.4, -0.2) is 11.9 Å². The smallest absolute Gasteiger partial charge is 0.260 e. The molecule has 0 amide bonds. The molecule has 0 radical (unpaired) electrons. The third kappa shape index (κ3) is 9.47. The van der Waals surface area contributed by atoms with Crippen molar-refractivity contribution in [2.24, 2.45) is 5.92 Å². The van der Waals surface area contributed by atoms with Crippen molar-refractivity contribution in [1.82, 2.24) is 0 Å². The van der Waals surface area contributed by atoms with Crippen molar-refractivity contribution >= 4 is 11.9 Å². The number of hydrogen-bond acceptors (Lipinski definition) is 5. The van der Waals surface area contributed by atoms with E-state index < -0.39 is 11.9 Å². The van der Waals surface area contributed by atoms with Crippen LogP contribution >= 0.6 is 0 Å². The van der Waals surface area contributed by atoms with Crippen LogP contribution < -0.4 is 0 Å². The molecule has 0 heterocycles. The molecular weight excluding hydrogens is 248 g/mol. The predicted octanol–water partition coefficient (Wildman–Crippen LogP) is 3.72. The van der Waals surface area contributed by atoms with Crippen LogP contribution in [0.25, 0.3) is 0 Å². The summed E-state index contributed by atoms with van der Waals surface area (Å²) < 4.78 is 0. The van der Waals surface area contributed by atoms with E-state index in [9.17, 15) is 9.59 Å². The van der Waals surface area contributed by atoms with Gasteiger partial charge in [0.2, 0.25) is 0 Å². The summed E-state index contributed by atoms with van der Waals surface area (Å²) in [6, 6.07) is 0. The van der Waals surface area contributed by atoms with Crippen molar-refractivity contribution in [2.45, 2.75) is 72.1 Å². The SMILES string of the molecule is CCCCCC(=O)OOOC(=O)C(CC)CCCC. The van der Waals surface area contributed by atoms with Crippen LogP contribution in [0.3, 0.4) is 0 Å². The molecule has 112 valence electrons. The Morgan fingerprint density at radius 3 is 2.21 bits per heavy atom. The van der Waals surface area contributed by atoms with Crippen LogP contribution in [0.2, 0.25) is 0 Å². The molecule has 0 aromatic carbocycles. The van der Waals surface area contributed by atoms with Gasteiger partial charge in [-0.2, -0.15) is 0 Å². The fraction of sp³-hybridized carbons (Fsp3) is 0.857. The van der Waals surface area contributed by atoms with Crippen LogP contribution in [0.1, 0.15) is 72.1 Å². The van der Waals surface area contributed by atoms with Gasteiger partial charge in [0.1, 0.15) is 0 Å². The second kappa shape index (κ2) is 12.0. The lowest BCUT2D eigenvalue weighted by molar-refractivity contribution is -0.460. The molecule has 0 bridgehead atoms. The van der Waals surface area contributed by atoms with Crippen LogP contribution in [0.4, 0.5) is 0 Å². The van der Waals surface area contributed by atoms with Gasteiger partial charge >= 0.3 is 11.9 Å². The van der Waals surface area contributed by atoms with Gasteiger partial charge in [0, 0.05) is 11.5 Å². The molecule has 0 aliphatic carbocycles. The third-order valence-electron chi connectivity index (χ3n) is 2.96. The van der Waals surface area contributed by atoms with Gasteiger partial charge in [0.05, 0.1) is 5.92 Å². The van der Waals surface area contributed by atoms with E-state index >= 15 is 0 Å². The topological polar surface area (TPSA) is 61.8 Å². The van der Waals surface area contributed by atoms with Crippen molar-refractivity contribution in [3.63, 3.8) is 0 Å². The number of unbranched alkanes of at least 4 members (excludes halogenated alkanes) is 3. The molecule has 0 saturated heterocycles. The lowest BCUT2D eigenvalue weighted by atomic mass is 10.00. The zero-order valence-electron chi connectivity index (χ0n) is 12.3. The maximum atomic E-state index is 11.6. The Kier molecular flexibility index (Phi) is 11.3. The fourth-order valence-corrected chi connectivity index (χ4v) is 1.66. The summed E-state index contributed by atoms with van der Waals surface area (Å²) in [5.74, 6) is -1.18. The van der Waals surface area contributed by atoms with E-state index in [1.807, 2.05) is 13.8 Å². The van der Waals surface area contributed by atoms with Gasteiger partial charge < -0.3 is 0 Å². The highest BCUT2D eigenvalue weighted by atomic mass is 17.5. The number of hydrogen-bond donors (Lipinski definition) is 0. The average Bonchev–Trinajstić information content (AvgIpc) is 2.40. The van der Waals surface area contributed by atoms with Gasteiger partial charge in [-0.25, -0.2) is 9.59 Å². The minimum atomic E-state index is -0.511. The first-order valence-electron chi connectivity index (χ1n) is 7.23. The second-order valence-corrected chi connectivity index (χ2v) is 4.63. The largest absolute Gasteiger partial charge is 0.349 e. The lowest BCUT2D eigenvalue weighted by Crippen LogP contribution is -2.18. The summed E-state index contributed by atoms with van der Waals surface area (Å²) >= 11 is 0. The van der Waals surface area contributed by atoms with Gasteiger partial charge in [-0.05, 0) is 19.3 Å². The Morgan fingerprint density at radius 2 is 1.63 bits per heavy atom. The Labute approximate surface area is 115 Å². The molecule has 0 saturated carbocycles. The standard InChI is InChI=1S/C14H26O5/c1-4-7-9-11-13(15)17-19-18-14(16)12(6-3)10-8-5-2/h12H,4-11H2,1-3H3. The molecule has 1 atom stereocenters. The minimum absolute atomic E-state index is 0.196. The summed E-state index contributed by atoms with van der Waals surface area (Å²) in [5, 5.41) is 4.25. The summed E-state index contributed by atoms with van der Waals surface area (Å²) in [6.45, 7) is 6.02. The Balaban J connectivity index is 3.73. The van der Waals surface area contributed by atoms with Crippen molar-refractivity contribution in [3.8, 4) is 0 Å². The molecule has 0 N–H and O–H groups in total. The molecule has 0 rings (SSSR count). The molecule has 19 heavy (non-hydrogen) atoms. The van der Waals surface area contributed by atoms with Gasteiger partial charge in [-0.3, -0.25) is 9.78 Å². The zero-order chi connectivity index (χ0) is 14.5. The molecule has 0 aromatic rings. The van der Waals surface area contributed by atoms with Crippen LogP contribution in [-0.2, 0) is 24.4 Å². The van der Waals surface area contributed by atoms with Crippen molar-refractivity contribution in [3.05, 3.63) is 0 Å². The van der Waals surface area contributed by atoms with Crippen LogP contribution in [0.5, 0.6) is 0 Å². The van der Waals surface area contributed by atoms with E-state index in [4.69, 9.17) is 0 Å². The summed E-state index contributed by atoms with van der Waals surface area (Å²) in [5.41, 5.74) is 0. The molecular formula is C14H26O5. The predicted molar refractivity (Wildman–Crippen MR) is 70.7 cm³/mol. The Hall–Kier alpha value is -1.10. The van der Waals surface area contributed by atoms with Crippen LogP contribution in [0, 0.1) is 5.92 Å². The third-order valence-corrected chi connectivity index (χ3v) is 2.96. The monoisotopic (exact) mass is 274 g/mol. The first-order chi connectivity index (χ1) is 9.15. The van der Waals surface area contributed by atoms with Crippen molar-refractivity contribution in [2.75, 3.05) is 0 Å². The molecule has 5 heteroatoms. The summed E-state index contributed by atoms with van der Waals surface area (Å²) in [6.07, 6.45) is 6.45. The van der Waals surface area contributed by atoms with Gasteiger partial charge in [-0.15, -0.1) is 0 Å². The second-order valence-electron chi connectivity index (χ2n) is 4.63. The highest BCUT2D eigenvalue weighted by Crippen LogP contribution is 2.14. The van der Waals surface area contributed by atoms with E-state index in [0.717, 1.165) is 38.5 Å². The Bertz CT molecular complexity index is 252. The highest BCUT2D eigenvalue weighted by molar-refractivity contribution is 5.72. The average molecular weight is 274 g/mol. The molecule has 0 spiro atoms. The number of carbonyl (C=O) groups excluding carboxylic acids is 2. The molecule has 1 unspecified atom stereocenters. The minimum Gasteiger partial charge on any atom is -0.260 e. The molecule has 0 aliphatic rings. The first-order valence-corrected chi connectivity index (χ1v) is 7.23. The van der Waals surface area contributed by atoms with E-state index in [1.165, 1.54) is 0 Å². The van der Waals surface area contributed by atoms with Crippen molar-refractivity contribution in [1.29, 1.82) is 0 Å². The maximum Gasteiger partial charge on any atom is 0.349 e. The number of rotatable bonds is 11. The summed E-state index contributed by atoms with van der Waals surface area (Å²) in [7, 11) is 0. The van der Waals surface area contributed by atoms with Gasteiger partial charge in [-0.1, -0.05) is 46.5 Å². The van der Waals surface area contributed by atoms with Crippen LogP contribution in [0.15, 0.2) is 0 Å². The molecule has 5 nitrogen and oxygen atoms in total. The zero-order valence-corrected chi connectivity index (χ0v) is 12.3. The lowest BCUT2D eigenvalue weighted by Gasteiger charge is -2.11. The van der Waals surface area contributed by atoms with E-state index in [1.54, 1.807) is 0 Å². The van der Waals surface area contributed by atoms with Gasteiger partial charge in [0.25, 0.3) is 0 Å². The van der Waals surface area contributed by atoms with Crippen molar-refractivity contribution < 1.29 is 24.4 Å².